The van der Waals surface area contributed by atoms with Gasteiger partial charge in [0.1, 0.15) is 11.5 Å². The van der Waals surface area contributed by atoms with Gasteiger partial charge in [-0.2, -0.15) is 0 Å². The van der Waals surface area contributed by atoms with Gasteiger partial charge in [-0.1, -0.05) is 13.8 Å². The maximum Gasteiger partial charge on any atom is 0.122 e. The molecule has 0 saturated carbocycles. The lowest BCUT2D eigenvalue weighted by molar-refractivity contribution is 0.298. The number of methoxy groups -OCH3 is 2. The number of rotatable bonds is 10. The zero-order valence-corrected chi connectivity index (χ0v) is 13.2. The molecule has 0 aliphatic carbocycles. The Bertz CT molecular complexity index is 356. The molecule has 0 aliphatic heterocycles. The lowest BCUT2D eigenvalue weighted by atomic mass is 10.2. The molecule has 0 atom stereocenters. The Labute approximate surface area is 123 Å². The molecule has 1 N–H and O–H groups in total. The highest BCUT2D eigenvalue weighted by molar-refractivity contribution is 5.38. The summed E-state index contributed by atoms with van der Waals surface area (Å²) < 4.78 is 10.5. The lowest BCUT2D eigenvalue weighted by Crippen LogP contribution is -2.27. The van der Waals surface area contributed by atoms with Crippen LogP contribution in [0.25, 0.3) is 0 Å². The first kappa shape index (κ1) is 16.8. The van der Waals surface area contributed by atoms with Crippen LogP contribution < -0.4 is 14.8 Å². The molecule has 114 valence electrons. The molecule has 4 nitrogen and oxygen atoms in total. The van der Waals surface area contributed by atoms with E-state index < -0.39 is 0 Å². The number of hydrogen-bond donors (Lipinski definition) is 1. The zero-order valence-electron chi connectivity index (χ0n) is 13.2. The minimum absolute atomic E-state index is 0.837. The fourth-order valence-electron chi connectivity index (χ4n) is 2.17. The van der Waals surface area contributed by atoms with E-state index in [9.17, 15) is 0 Å². The van der Waals surface area contributed by atoms with Gasteiger partial charge >= 0.3 is 0 Å². The second kappa shape index (κ2) is 9.61. The molecule has 0 unspecified atom stereocenters. The van der Waals surface area contributed by atoms with Crippen molar-refractivity contribution in [1.82, 2.24) is 10.2 Å². The summed E-state index contributed by atoms with van der Waals surface area (Å²) in [5.74, 6) is 1.67. The number of ether oxygens (including phenoxy) is 2. The van der Waals surface area contributed by atoms with Crippen molar-refractivity contribution in [3.05, 3.63) is 23.8 Å². The first-order valence-electron chi connectivity index (χ1n) is 7.38. The number of hydrogen-bond acceptors (Lipinski definition) is 4. The second-order valence-corrected chi connectivity index (χ2v) is 4.78. The van der Waals surface area contributed by atoms with Crippen molar-refractivity contribution in [2.75, 3.05) is 40.4 Å². The SMILES string of the molecule is CCN(CC)CCCNCc1cc(OC)cc(OC)c1. The molecule has 0 radical (unpaired) electrons. The largest absolute Gasteiger partial charge is 0.497 e. The van der Waals surface area contributed by atoms with E-state index in [1.54, 1.807) is 14.2 Å². The summed E-state index contributed by atoms with van der Waals surface area (Å²) in [4.78, 5) is 2.44. The Morgan fingerprint density at radius 1 is 1.00 bits per heavy atom. The Morgan fingerprint density at radius 2 is 1.60 bits per heavy atom. The van der Waals surface area contributed by atoms with Gasteiger partial charge in [-0.05, 0) is 50.3 Å². The Morgan fingerprint density at radius 3 is 2.10 bits per heavy atom. The average Bonchev–Trinajstić information content (AvgIpc) is 2.50. The van der Waals surface area contributed by atoms with Crippen molar-refractivity contribution in [1.29, 1.82) is 0 Å². The van der Waals surface area contributed by atoms with Gasteiger partial charge in [-0.15, -0.1) is 0 Å². The van der Waals surface area contributed by atoms with Crippen LogP contribution in [0, 0.1) is 0 Å². The van der Waals surface area contributed by atoms with Crippen LogP contribution in [0.15, 0.2) is 18.2 Å². The summed E-state index contributed by atoms with van der Waals surface area (Å²) in [6.45, 7) is 9.69. The lowest BCUT2D eigenvalue weighted by Gasteiger charge is -2.17. The minimum atomic E-state index is 0.837. The van der Waals surface area contributed by atoms with E-state index in [0.717, 1.165) is 44.2 Å². The molecule has 1 aromatic rings. The zero-order chi connectivity index (χ0) is 14.8. The number of nitrogens with one attached hydrogen (secondary N) is 1. The van der Waals surface area contributed by atoms with Gasteiger partial charge in [-0.3, -0.25) is 0 Å². The fraction of sp³-hybridized carbons (Fsp3) is 0.625. The molecule has 0 spiro atoms. The van der Waals surface area contributed by atoms with Gasteiger partial charge in [0.2, 0.25) is 0 Å². The summed E-state index contributed by atoms with van der Waals surface area (Å²) >= 11 is 0. The predicted octanol–water partition coefficient (Wildman–Crippen LogP) is 2.53. The average molecular weight is 280 g/mol. The molecule has 1 aromatic carbocycles. The third kappa shape index (κ3) is 5.80. The molecule has 4 heteroatoms. The maximum absolute atomic E-state index is 5.27. The number of benzene rings is 1. The monoisotopic (exact) mass is 280 g/mol. The molecular formula is C16H28N2O2. The summed E-state index contributed by atoms with van der Waals surface area (Å²) in [7, 11) is 3.35. The highest BCUT2D eigenvalue weighted by Crippen LogP contribution is 2.22. The fourth-order valence-corrected chi connectivity index (χ4v) is 2.17. The molecule has 0 heterocycles. The van der Waals surface area contributed by atoms with Crippen molar-refractivity contribution in [2.24, 2.45) is 0 Å². The van der Waals surface area contributed by atoms with Crippen LogP contribution in [0.3, 0.4) is 0 Å². The van der Waals surface area contributed by atoms with Crippen LogP contribution in [0.4, 0.5) is 0 Å². The molecule has 0 aliphatic rings. The van der Waals surface area contributed by atoms with Crippen molar-refractivity contribution in [2.45, 2.75) is 26.8 Å². The molecule has 0 aromatic heterocycles. The Balaban J connectivity index is 2.34. The van der Waals surface area contributed by atoms with E-state index in [4.69, 9.17) is 9.47 Å². The summed E-state index contributed by atoms with van der Waals surface area (Å²) in [5.41, 5.74) is 1.18. The van der Waals surface area contributed by atoms with Crippen molar-refractivity contribution in [3.63, 3.8) is 0 Å². The van der Waals surface area contributed by atoms with Crippen LogP contribution in [-0.4, -0.2) is 45.3 Å². The smallest absolute Gasteiger partial charge is 0.122 e. The summed E-state index contributed by atoms with van der Waals surface area (Å²) in [5, 5.41) is 3.47. The van der Waals surface area contributed by atoms with E-state index in [2.05, 4.69) is 24.1 Å². The maximum atomic E-state index is 5.27. The van der Waals surface area contributed by atoms with Crippen LogP contribution in [0.2, 0.25) is 0 Å². The van der Waals surface area contributed by atoms with Gasteiger partial charge < -0.3 is 19.7 Å². The number of nitrogens with zero attached hydrogens (tertiary/aromatic N) is 1. The predicted molar refractivity (Wildman–Crippen MR) is 83.7 cm³/mol. The first-order chi connectivity index (χ1) is 9.73. The Hall–Kier alpha value is -1.26. The summed E-state index contributed by atoms with van der Waals surface area (Å²) in [6.07, 6.45) is 1.17. The molecule has 20 heavy (non-hydrogen) atoms. The third-order valence-electron chi connectivity index (χ3n) is 3.46. The molecule has 0 amide bonds. The van der Waals surface area contributed by atoms with Gasteiger partial charge in [0.05, 0.1) is 14.2 Å². The highest BCUT2D eigenvalue weighted by atomic mass is 16.5. The summed E-state index contributed by atoms with van der Waals surface area (Å²) in [6, 6.07) is 5.98. The van der Waals surface area contributed by atoms with Crippen LogP contribution in [0.5, 0.6) is 11.5 Å². The second-order valence-electron chi connectivity index (χ2n) is 4.78. The molecular weight excluding hydrogens is 252 g/mol. The van der Waals surface area contributed by atoms with E-state index >= 15 is 0 Å². The quantitative estimate of drug-likeness (QED) is 0.668. The topological polar surface area (TPSA) is 33.7 Å². The first-order valence-corrected chi connectivity index (χ1v) is 7.38. The van der Waals surface area contributed by atoms with Crippen LogP contribution in [-0.2, 0) is 6.54 Å². The third-order valence-corrected chi connectivity index (χ3v) is 3.46. The van der Waals surface area contributed by atoms with Gasteiger partial charge in [0.15, 0.2) is 0 Å². The van der Waals surface area contributed by atoms with Crippen molar-refractivity contribution < 1.29 is 9.47 Å². The van der Waals surface area contributed by atoms with E-state index in [0.29, 0.717) is 0 Å². The van der Waals surface area contributed by atoms with E-state index in [1.807, 2.05) is 18.2 Å². The normalized spacial score (nSPS) is 10.8. The van der Waals surface area contributed by atoms with Gasteiger partial charge in [0.25, 0.3) is 0 Å². The highest BCUT2D eigenvalue weighted by Gasteiger charge is 2.02. The van der Waals surface area contributed by atoms with Crippen LogP contribution >= 0.6 is 0 Å². The van der Waals surface area contributed by atoms with Gasteiger partial charge in [-0.25, -0.2) is 0 Å². The molecule has 0 bridgehead atoms. The Kier molecular flexibility index (Phi) is 8.07. The van der Waals surface area contributed by atoms with E-state index in [-0.39, 0.29) is 0 Å². The standard InChI is InChI=1S/C16H28N2O2/c1-5-18(6-2)9-7-8-17-13-14-10-15(19-3)12-16(11-14)20-4/h10-12,17H,5-9,13H2,1-4H3. The van der Waals surface area contributed by atoms with Crippen molar-refractivity contribution in [3.8, 4) is 11.5 Å². The minimum Gasteiger partial charge on any atom is -0.497 e. The van der Waals surface area contributed by atoms with E-state index in [1.165, 1.54) is 12.0 Å². The molecule has 1 rings (SSSR count). The van der Waals surface area contributed by atoms with Crippen molar-refractivity contribution >= 4 is 0 Å². The molecule has 0 fully saturated rings. The van der Waals surface area contributed by atoms with Crippen LogP contribution in [0.1, 0.15) is 25.8 Å². The molecule has 0 saturated heterocycles. The van der Waals surface area contributed by atoms with Gasteiger partial charge in [0, 0.05) is 12.6 Å².